The first kappa shape index (κ1) is 32.8. The maximum atomic E-state index is 15.1. The van der Waals surface area contributed by atoms with E-state index < -0.39 is 82.6 Å². The van der Waals surface area contributed by atoms with Crippen molar-refractivity contribution in [3.05, 3.63) is 90.1 Å². The zero-order valence-corrected chi connectivity index (χ0v) is 23.7. The number of carbonyl (C=O) groups excluding carboxylic acids is 2. The molecule has 0 aliphatic carbocycles. The molecule has 0 aliphatic heterocycles. The van der Waals surface area contributed by atoms with Crippen molar-refractivity contribution < 1.29 is 57.9 Å². The van der Waals surface area contributed by atoms with Crippen LogP contribution in [-0.4, -0.2) is 30.1 Å². The summed E-state index contributed by atoms with van der Waals surface area (Å²) in [6.45, 7) is 0. The molecule has 0 heterocycles. The first-order chi connectivity index (χ1) is 18.7. The van der Waals surface area contributed by atoms with E-state index in [9.17, 15) is 53.5 Å². The lowest BCUT2D eigenvalue weighted by Gasteiger charge is -2.36. The summed E-state index contributed by atoms with van der Waals surface area (Å²) in [6.07, 6.45) is -13.6. The first-order valence-corrected chi connectivity index (χ1v) is 12.7. The normalized spacial score (nSPS) is 13.9. The summed E-state index contributed by atoms with van der Waals surface area (Å²) in [6, 6.07) is 7.80. The van der Waals surface area contributed by atoms with Crippen LogP contribution in [0.4, 0.5) is 59.7 Å². The first-order valence-electron chi connectivity index (χ1n) is 10.6. The Balaban J connectivity index is 1.97. The third kappa shape index (κ3) is 6.09. The Morgan fingerprint density at radius 2 is 1.17 bits per heavy atom. The van der Waals surface area contributed by atoms with Crippen molar-refractivity contribution in [1.82, 2.24) is 0 Å². The minimum absolute atomic E-state index is 0.0346. The minimum atomic E-state index is -6.93. The average molecular weight is 822 g/mol. The molecular formula is C24H11F11I2N2O2. The predicted octanol–water partition coefficient (Wildman–Crippen LogP) is 8.60. The van der Waals surface area contributed by atoms with Crippen LogP contribution in [0.15, 0.2) is 54.6 Å². The number of hydrogen-bond acceptors (Lipinski definition) is 2. The summed E-state index contributed by atoms with van der Waals surface area (Å²) >= 11 is 2.31. The number of anilines is 2. The van der Waals surface area contributed by atoms with Gasteiger partial charge < -0.3 is 10.6 Å². The van der Waals surface area contributed by atoms with Crippen LogP contribution in [-0.2, 0) is 5.67 Å². The van der Waals surface area contributed by atoms with Gasteiger partial charge in [-0.1, -0.05) is 18.2 Å². The number of alkyl halides is 9. The molecule has 220 valence electrons. The second kappa shape index (κ2) is 11.5. The second-order valence-electron chi connectivity index (χ2n) is 8.10. The Kier molecular flexibility index (Phi) is 9.22. The molecular weight excluding hydrogens is 811 g/mol. The largest absolute Gasteiger partial charge is 0.457 e. The van der Waals surface area contributed by atoms with E-state index in [0.717, 1.165) is 75.5 Å². The van der Waals surface area contributed by atoms with Gasteiger partial charge in [0.2, 0.25) is 0 Å². The number of nitrogens with one attached hydrogen (secondary N) is 2. The molecule has 0 fully saturated rings. The fourth-order valence-electron chi connectivity index (χ4n) is 3.43. The molecule has 0 radical (unpaired) electrons. The summed E-state index contributed by atoms with van der Waals surface area (Å²) < 4.78 is 149. The third-order valence-electron chi connectivity index (χ3n) is 5.47. The molecule has 0 saturated heterocycles. The standard InChI is InChI=1S/C24H11F11I2N2O2/c25-13-6-2-1-4-11(13)19(40)38-16-7-3-5-12(17(16)26)20(41)39-18-14(36)8-10(9-15(18)37)21(27,23(30,31)32)22(28,29)24(33,34)35/h1-9H,(H,38,40)(H,39,41). The van der Waals surface area contributed by atoms with E-state index in [2.05, 4.69) is 10.6 Å². The van der Waals surface area contributed by atoms with Crippen molar-refractivity contribution in [3.8, 4) is 0 Å². The highest BCUT2D eigenvalue weighted by molar-refractivity contribution is 14.1. The average Bonchev–Trinajstić information content (AvgIpc) is 2.85. The smallest absolute Gasteiger partial charge is 0.320 e. The van der Waals surface area contributed by atoms with Gasteiger partial charge in [0, 0.05) is 12.7 Å². The third-order valence-corrected chi connectivity index (χ3v) is 7.17. The number of halogens is 13. The van der Waals surface area contributed by atoms with Crippen LogP contribution in [0.2, 0.25) is 0 Å². The molecule has 0 saturated carbocycles. The summed E-state index contributed by atoms with van der Waals surface area (Å²) in [5.74, 6) is -11.5. The molecule has 1 atom stereocenters. The Hall–Kier alpha value is -2.71. The van der Waals surface area contributed by atoms with Gasteiger partial charge in [0.15, 0.2) is 5.82 Å². The fourth-order valence-corrected chi connectivity index (χ4v) is 5.47. The molecule has 0 aromatic heterocycles. The molecule has 0 spiro atoms. The van der Waals surface area contributed by atoms with E-state index in [1.807, 2.05) is 0 Å². The molecule has 0 bridgehead atoms. The predicted molar refractivity (Wildman–Crippen MR) is 140 cm³/mol. The Bertz CT molecular complexity index is 1490. The monoisotopic (exact) mass is 822 g/mol. The highest BCUT2D eigenvalue weighted by Crippen LogP contribution is 2.58. The van der Waals surface area contributed by atoms with Gasteiger partial charge in [0.25, 0.3) is 11.8 Å². The maximum absolute atomic E-state index is 15.1. The molecule has 3 rings (SSSR count). The number of hydrogen-bond donors (Lipinski definition) is 2. The number of rotatable bonds is 6. The zero-order valence-electron chi connectivity index (χ0n) is 19.4. The van der Waals surface area contributed by atoms with Gasteiger partial charge in [-0.2, -0.15) is 35.1 Å². The lowest BCUT2D eigenvalue weighted by molar-refractivity contribution is -0.389. The van der Waals surface area contributed by atoms with Crippen LogP contribution < -0.4 is 10.6 Å². The van der Waals surface area contributed by atoms with E-state index in [1.54, 1.807) is 0 Å². The molecule has 4 nitrogen and oxygen atoms in total. The highest BCUT2D eigenvalue weighted by atomic mass is 127. The highest BCUT2D eigenvalue weighted by Gasteiger charge is 2.81. The molecule has 41 heavy (non-hydrogen) atoms. The number of benzene rings is 3. The van der Waals surface area contributed by atoms with Gasteiger partial charge in [-0.15, -0.1) is 0 Å². The van der Waals surface area contributed by atoms with E-state index in [1.165, 1.54) is 12.1 Å². The van der Waals surface area contributed by atoms with Crippen LogP contribution in [0.5, 0.6) is 0 Å². The van der Waals surface area contributed by atoms with Gasteiger partial charge in [0.1, 0.15) is 5.82 Å². The van der Waals surface area contributed by atoms with Crippen LogP contribution in [0.1, 0.15) is 26.3 Å². The number of carbonyl (C=O) groups is 2. The van der Waals surface area contributed by atoms with Crippen molar-refractivity contribution in [2.45, 2.75) is 23.9 Å². The van der Waals surface area contributed by atoms with Crippen LogP contribution in [0.3, 0.4) is 0 Å². The van der Waals surface area contributed by atoms with Crippen molar-refractivity contribution in [1.29, 1.82) is 0 Å². The van der Waals surface area contributed by atoms with Crippen LogP contribution in [0.25, 0.3) is 0 Å². The lowest BCUT2D eigenvalue weighted by atomic mass is 9.87. The van der Waals surface area contributed by atoms with Gasteiger partial charge in [-0.25, -0.2) is 13.2 Å². The van der Waals surface area contributed by atoms with E-state index >= 15 is 4.39 Å². The summed E-state index contributed by atoms with van der Waals surface area (Å²) in [4.78, 5) is 25.1. The molecule has 2 amide bonds. The lowest BCUT2D eigenvalue weighted by Crippen LogP contribution is -2.59. The van der Waals surface area contributed by atoms with Gasteiger partial charge in [-0.05, 0) is 81.6 Å². The van der Waals surface area contributed by atoms with Crippen LogP contribution in [0, 0.1) is 18.8 Å². The molecule has 3 aromatic carbocycles. The molecule has 17 heteroatoms. The minimum Gasteiger partial charge on any atom is -0.320 e. The second-order valence-corrected chi connectivity index (χ2v) is 10.4. The summed E-state index contributed by atoms with van der Waals surface area (Å²) in [5, 5.41) is 4.13. The van der Waals surface area contributed by atoms with Gasteiger partial charge >= 0.3 is 23.9 Å². The van der Waals surface area contributed by atoms with Crippen LogP contribution >= 0.6 is 45.2 Å². The van der Waals surface area contributed by atoms with Gasteiger partial charge in [0.05, 0.1) is 22.5 Å². The van der Waals surface area contributed by atoms with Crippen molar-refractivity contribution in [3.63, 3.8) is 0 Å². The Morgan fingerprint density at radius 1 is 0.659 bits per heavy atom. The zero-order chi connectivity index (χ0) is 31.1. The summed E-state index contributed by atoms with van der Waals surface area (Å²) in [5.41, 5.74) is -10.6. The topological polar surface area (TPSA) is 58.2 Å². The summed E-state index contributed by atoms with van der Waals surface area (Å²) in [7, 11) is 0. The molecule has 0 aliphatic rings. The molecule has 1 unspecified atom stereocenters. The SMILES string of the molecule is O=C(Nc1cccc(C(=O)Nc2c(I)cc(C(F)(C(F)(F)F)C(F)(F)C(F)(F)F)cc2I)c1F)c1ccccc1F. The maximum Gasteiger partial charge on any atom is 0.457 e. The van der Waals surface area contributed by atoms with E-state index in [0.29, 0.717) is 0 Å². The van der Waals surface area contributed by atoms with E-state index in [-0.39, 0.29) is 12.1 Å². The Morgan fingerprint density at radius 3 is 1.68 bits per heavy atom. The van der Waals surface area contributed by atoms with E-state index in [4.69, 9.17) is 0 Å². The molecule has 2 N–H and O–H groups in total. The number of amides is 2. The van der Waals surface area contributed by atoms with Crippen molar-refractivity contribution >= 4 is 68.4 Å². The quantitative estimate of drug-likeness (QED) is 0.194. The fraction of sp³-hybridized carbons (Fsp3) is 0.167. The van der Waals surface area contributed by atoms with Crippen molar-refractivity contribution in [2.24, 2.45) is 0 Å². The molecule has 3 aromatic rings. The Labute approximate surface area is 250 Å². The van der Waals surface area contributed by atoms with Gasteiger partial charge in [-0.3, -0.25) is 9.59 Å². The van der Waals surface area contributed by atoms with Crippen molar-refractivity contribution in [2.75, 3.05) is 10.6 Å².